The van der Waals surface area contributed by atoms with Gasteiger partial charge >= 0.3 is 0 Å². The van der Waals surface area contributed by atoms with E-state index in [0.717, 1.165) is 23.3 Å². The van der Waals surface area contributed by atoms with Crippen molar-refractivity contribution in [1.29, 1.82) is 0 Å². The predicted octanol–water partition coefficient (Wildman–Crippen LogP) is 3.57. The Kier molecular flexibility index (Phi) is 6.57. The van der Waals surface area contributed by atoms with Crippen molar-refractivity contribution in [2.75, 3.05) is 6.61 Å². The van der Waals surface area contributed by atoms with Gasteiger partial charge in [0.25, 0.3) is 0 Å². The summed E-state index contributed by atoms with van der Waals surface area (Å²) in [7, 11) is 0. The molecule has 33 heavy (non-hydrogen) atoms. The first-order chi connectivity index (χ1) is 15.9. The van der Waals surface area contributed by atoms with Crippen molar-refractivity contribution >= 4 is 0 Å². The first-order valence-electron chi connectivity index (χ1n) is 10.5. The topological polar surface area (TPSA) is 102 Å². The highest BCUT2D eigenvalue weighted by molar-refractivity contribution is 5.61. The summed E-state index contributed by atoms with van der Waals surface area (Å²) in [4.78, 5) is 3.90. The number of benzene rings is 2. The summed E-state index contributed by atoms with van der Waals surface area (Å²) in [5.74, 6) is -2.12. The first kappa shape index (κ1) is 22.7. The molecule has 2 aromatic carbocycles. The summed E-state index contributed by atoms with van der Waals surface area (Å²) in [5, 5.41) is 26.8. The summed E-state index contributed by atoms with van der Waals surface area (Å²) >= 11 is 0. The van der Waals surface area contributed by atoms with Crippen molar-refractivity contribution in [3.63, 3.8) is 0 Å². The van der Waals surface area contributed by atoms with Crippen LogP contribution in [0.5, 0.6) is 0 Å². The minimum atomic E-state index is -1.72. The van der Waals surface area contributed by atoms with Gasteiger partial charge in [0.15, 0.2) is 0 Å². The number of halogens is 2. The lowest BCUT2D eigenvalue weighted by Crippen LogP contribution is -2.38. The van der Waals surface area contributed by atoms with Crippen molar-refractivity contribution in [2.45, 2.75) is 38.5 Å². The van der Waals surface area contributed by atoms with Crippen LogP contribution in [0.1, 0.15) is 36.6 Å². The van der Waals surface area contributed by atoms with Crippen molar-refractivity contribution < 1.29 is 18.6 Å². The van der Waals surface area contributed by atoms with Crippen LogP contribution in [0.4, 0.5) is 8.78 Å². The summed E-state index contributed by atoms with van der Waals surface area (Å²) in [5.41, 5.74) is 1.19. The molecule has 0 saturated heterocycles. The average molecular weight is 454 g/mol. The fourth-order valence-corrected chi connectivity index (χ4v) is 3.85. The monoisotopic (exact) mass is 454 g/mol. The quantitative estimate of drug-likeness (QED) is 0.401. The molecule has 0 aliphatic rings. The van der Waals surface area contributed by atoms with E-state index in [-0.39, 0.29) is 12.1 Å². The largest absolute Gasteiger partial charge is 0.382 e. The van der Waals surface area contributed by atoms with Gasteiger partial charge in [-0.15, -0.1) is 0 Å². The summed E-state index contributed by atoms with van der Waals surface area (Å²) < 4.78 is 35.2. The maximum atomic E-state index is 14.8. The number of hydrogen-bond donors (Lipinski definition) is 2. The van der Waals surface area contributed by atoms with Crippen LogP contribution in [0.2, 0.25) is 0 Å². The Morgan fingerprint density at radius 3 is 2.61 bits per heavy atom. The van der Waals surface area contributed by atoms with Gasteiger partial charge in [-0.2, -0.15) is 20.5 Å². The van der Waals surface area contributed by atoms with Crippen LogP contribution in [0.25, 0.3) is 11.3 Å². The zero-order valence-electron chi connectivity index (χ0n) is 18.2. The van der Waals surface area contributed by atoms with E-state index in [2.05, 4.69) is 25.5 Å². The molecular formula is C23H24F2N6O2. The second-order valence-corrected chi connectivity index (χ2v) is 7.74. The number of nitrogens with zero attached hydrogens (tertiary/aromatic N) is 5. The number of rotatable bonds is 9. The number of aromatic nitrogens is 6. The Hall–Kier alpha value is -3.50. The van der Waals surface area contributed by atoms with Gasteiger partial charge in [-0.1, -0.05) is 37.3 Å². The smallest absolute Gasteiger partial charge is 0.137 e. The third kappa shape index (κ3) is 4.67. The van der Waals surface area contributed by atoms with Gasteiger partial charge in [0.05, 0.1) is 13.2 Å². The van der Waals surface area contributed by atoms with Crippen molar-refractivity contribution in [3.8, 4) is 11.3 Å². The molecule has 0 fully saturated rings. The van der Waals surface area contributed by atoms with Crippen LogP contribution in [-0.4, -0.2) is 41.9 Å². The van der Waals surface area contributed by atoms with E-state index >= 15 is 0 Å². The second kappa shape index (κ2) is 9.55. The highest BCUT2D eigenvalue weighted by Crippen LogP contribution is 2.40. The number of nitrogens with one attached hydrogen (secondary N) is 1. The number of H-pyrrole nitrogens is 1. The van der Waals surface area contributed by atoms with Gasteiger partial charge in [0, 0.05) is 29.7 Å². The molecule has 0 aliphatic carbocycles. The molecule has 0 unspecified atom stereocenters. The van der Waals surface area contributed by atoms with Gasteiger partial charge < -0.3 is 9.84 Å². The van der Waals surface area contributed by atoms with Gasteiger partial charge in [-0.3, -0.25) is 0 Å². The van der Waals surface area contributed by atoms with E-state index in [1.54, 1.807) is 6.92 Å². The molecule has 0 bridgehead atoms. The molecule has 4 rings (SSSR count). The summed E-state index contributed by atoms with van der Waals surface area (Å²) in [6.45, 7) is 4.51. The van der Waals surface area contributed by atoms with Crippen LogP contribution in [0, 0.1) is 11.6 Å². The van der Waals surface area contributed by atoms with Gasteiger partial charge in [0.1, 0.15) is 41.3 Å². The van der Waals surface area contributed by atoms with E-state index in [0.29, 0.717) is 24.6 Å². The summed E-state index contributed by atoms with van der Waals surface area (Å²) in [6.07, 6.45) is 2.77. The van der Waals surface area contributed by atoms with E-state index in [4.69, 9.17) is 4.74 Å². The molecule has 0 aliphatic heterocycles. The fourth-order valence-electron chi connectivity index (χ4n) is 3.85. The Morgan fingerprint density at radius 2 is 1.94 bits per heavy atom. The molecule has 0 saturated carbocycles. The van der Waals surface area contributed by atoms with E-state index in [9.17, 15) is 13.9 Å². The lowest BCUT2D eigenvalue weighted by molar-refractivity contribution is -0.0112. The van der Waals surface area contributed by atoms with Crippen LogP contribution in [0.3, 0.4) is 0 Å². The first-order valence-corrected chi connectivity index (χ1v) is 10.5. The summed E-state index contributed by atoms with van der Waals surface area (Å²) in [6, 6.07) is 10.6. The van der Waals surface area contributed by atoms with Crippen molar-refractivity contribution in [1.82, 2.24) is 30.2 Å². The normalized spacial score (nSPS) is 14.2. The zero-order valence-corrected chi connectivity index (χ0v) is 18.2. The maximum absolute atomic E-state index is 14.8. The van der Waals surface area contributed by atoms with Gasteiger partial charge in [-0.25, -0.2) is 18.4 Å². The van der Waals surface area contributed by atoms with Crippen LogP contribution in [-0.2, 0) is 23.5 Å². The molecule has 8 nitrogen and oxygen atoms in total. The number of aromatic amines is 1. The zero-order chi connectivity index (χ0) is 23.4. The van der Waals surface area contributed by atoms with E-state index in [1.165, 1.54) is 23.4 Å². The fraction of sp³-hybridized carbons (Fsp3) is 0.304. The van der Waals surface area contributed by atoms with Crippen molar-refractivity contribution in [3.05, 3.63) is 83.6 Å². The molecule has 2 heterocycles. The standard InChI is InChI=1S/C23H24F2N6O2/c1-3-33-11-21-22(29-30-28-21)17-6-4-16(5-7-17)15(2)23(32,12-31-14-26-13-27-31)19-9-8-18(24)10-20(19)25/h4-10,13-15,32H,3,11-12H2,1-2H3,(H,28,29,30)/t15-,23+/m1/s1. The molecular weight excluding hydrogens is 430 g/mol. The number of hydrogen-bond acceptors (Lipinski definition) is 6. The molecule has 0 radical (unpaired) electrons. The SMILES string of the molecule is CCOCc1n[nH]nc1-c1ccc([C@@H](C)[C@@](O)(Cn2cncn2)c2ccc(F)cc2F)cc1. The minimum absolute atomic E-state index is 0.0218. The van der Waals surface area contributed by atoms with Crippen LogP contribution < -0.4 is 0 Å². The third-order valence-corrected chi connectivity index (χ3v) is 5.73. The van der Waals surface area contributed by atoms with Gasteiger partial charge in [0.2, 0.25) is 0 Å². The minimum Gasteiger partial charge on any atom is -0.382 e. The molecule has 2 aromatic heterocycles. The van der Waals surface area contributed by atoms with Crippen LogP contribution >= 0.6 is 0 Å². The van der Waals surface area contributed by atoms with E-state index < -0.39 is 23.2 Å². The van der Waals surface area contributed by atoms with Crippen molar-refractivity contribution in [2.24, 2.45) is 0 Å². The number of aliphatic hydroxyl groups is 1. The molecule has 0 spiro atoms. The highest BCUT2D eigenvalue weighted by Gasteiger charge is 2.40. The molecule has 172 valence electrons. The second-order valence-electron chi connectivity index (χ2n) is 7.74. The Balaban J connectivity index is 1.68. The molecule has 10 heteroatoms. The van der Waals surface area contributed by atoms with E-state index in [1.807, 2.05) is 31.2 Å². The van der Waals surface area contributed by atoms with Gasteiger partial charge in [-0.05, 0) is 18.6 Å². The Labute approximate surface area is 189 Å². The lowest BCUT2D eigenvalue weighted by atomic mass is 9.77. The number of ether oxygens (including phenoxy) is 1. The third-order valence-electron chi connectivity index (χ3n) is 5.73. The molecule has 4 aromatic rings. The lowest BCUT2D eigenvalue weighted by Gasteiger charge is -2.35. The average Bonchev–Trinajstić information content (AvgIpc) is 3.49. The Morgan fingerprint density at radius 1 is 1.15 bits per heavy atom. The maximum Gasteiger partial charge on any atom is 0.137 e. The Bertz CT molecular complexity index is 1200. The van der Waals surface area contributed by atoms with Crippen LogP contribution in [0.15, 0.2) is 55.1 Å². The highest BCUT2D eigenvalue weighted by atomic mass is 19.1. The predicted molar refractivity (Wildman–Crippen MR) is 116 cm³/mol. The molecule has 2 atom stereocenters. The molecule has 2 N–H and O–H groups in total. The molecule has 0 amide bonds.